The number of piperidine rings is 2. The Labute approximate surface area is 193 Å². The maximum atomic E-state index is 9.38. The highest BCUT2D eigenvalue weighted by molar-refractivity contribution is 5.94. The van der Waals surface area contributed by atoms with Crippen LogP contribution in [-0.2, 0) is 6.54 Å². The number of nitrogens with one attached hydrogen (secondary N) is 1. The van der Waals surface area contributed by atoms with Gasteiger partial charge in [-0.25, -0.2) is 4.98 Å². The molecule has 6 rings (SSSR count). The Balaban J connectivity index is 1.44. The molecule has 0 unspecified atom stereocenters. The predicted molar refractivity (Wildman–Crippen MR) is 128 cm³/mol. The summed E-state index contributed by atoms with van der Waals surface area (Å²) < 4.78 is 0. The summed E-state index contributed by atoms with van der Waals surface area (Å²) >= 11 is 0. The molecule has 0 amide bonds. The zero-order chi connectivity index (χ0) is 22.9. The fourth-order valence-electron chi connectivity index (χ4n) is 5.22. The van der Waals surface area contributed by atoms with Crippen LogP contribution in [0.4, 0.5) is 11.6 Å². The third kappa shape index (κ3) is 3.99. The third-order valence-corrected chi connectivity index (χ3v) is 7.17. The lowest BCUT2D eigenvalue weighted by molar-refractivity contribution is 0.0762. The zero-order valence-electron chi connectivity index (χ0n) is 19.1. The molecule has 8 heteroatoms. The Kier molecular flexibility index (Phi) is 5.83. The normalized spacial score (nSPS) is 20.2. The Morgan fingerprint density at radius 3 is 2.76 bits per heavy atom. The topological polar surface area (TPSA) is 101 Å². The number of benzene rings is 1. The fraction of sp³-hybridized carbons (Fsp3) is 0.440. The van der Waals surface area contributed by atoms with Crippen molar-refractivity contribution >= 4 is 22.4 Å². The van der Waals surface area contributed by atoms with Gasteiger partial charge in [0.2, 0.25) is 0 Å². The summed E-state index contributed by atoms with van der Waals surface area (Å²) in [5, 5.41) is 32.9. The van der Waals surface area contributed by atoms with Crippen LogP contribution in [0.5, 0.6) is 0 Å². The quantitative estimate of drug-likeness (QED) is 0.600. The van der Waals surface area contributed by atoms with E-state index in [0.29, 0.717) is 24.2 Å². The van der Waals surface area contributed by atoms with Gasteiger partial charge in [-0.2, -0.15) is 10.4 Å². The Hall–Kier alpha value is -3.28. The summed E-state index contributed by atoms with van der Waals surface area (Å²) in [5.41, 5.74) is 3.59. The number of hydrogen-bond acceptors (Lipinski definition) is 8. The van der Waals surface area contributed by atoms with Crippen LogP contribution in [0.1, 0.15) is 35.2 Å². The van der Waals surface area contributed by atoms with Gasteiger partial charge in [-0.1, -0.05) is 12.1 Å². The minimum atomic E-state index is 0.209. The largest absolute Gasteiger partial charge is 0.395 e. The summed E-state index contributed by atoms with van der Waals surface area (Å²) in [6.45, 7) is 7.35. The van der Waals surface area contributed by atoms with Crippen LogP contribution in [0.25, 0.3) is 10.8 Å². The molecule has 0 spiro atoms. The molecule has 33 heavy (non-hydrogen) atoms. The van der Waals surface area contributed by atoms with E-state index in [1.54, 1.807) is 0 Å². The minimum Gasteiger partial charge on any atom is -0.395 e. The second-order valence-electron chi connectivity index (χ2n) is 9.03. The number of piperazine rings is 1. The molecule has 3 saturated heterocycles. The first-order chi connectivity index (χ1) is 16.1. The van der Waals surface area contributed by atoms with Crippen molar-refractivity contribution in [2.24, 2.45) is 0 Å². The first-order valence-corrected chi connectivity index (χ1v) is 11.6. The number of fused-ring (bicyclic) bond motifs is 4. The molecule has 3 aliphatic rings. The molecular weight excluding hydrogens is 414 g/mol. The summed E-state index contributed by atoms with van der Waals surface area (Å²) in [6.07, 6.45) is 4.24. The molecule has 5 heterocycles. The van der Waals surface area contributed by atoms with E-state index < -0.39 is 0 Å². The lowest BCUT2D eigenvalue weighted by atomic mass is 9.90. The van der Waals surface area contributed by atoms with Gasteiger partial charge in [-0.3, -0.25) is 4.90 Å². The number of aliphatic hydroxyl groups is 1. The highest BCUT2D eigenvalue weighted by Gasteiger charge is 2.39. The van der Waals surface area contributed by atoms with Crippen molar-refractivity contribution in [2.75, 3.05) is 36.5 Å². The third-order valence-electron chi connectivity index (χ3n) is 7.17. The van der Waals surface area contributed by atoms with Crippen molar-refractivity contribution in [2.45, 2.75) is 45.3 Å². The molecule has 0 aliphatic carbocycles. The maximum absolute atomic E-state index is 9.38. The number of anilines is 2. The van der Waals surface area contributed by atoms with E-state index in [-0.39, 0.29) is 6.61 Å². The number of nitrogens with zero attached hydrogens (tertiary/aromatic N) is 6. The lowest BCUT2D eigenvalue weighted by Gasteiger charge is -2.52. The van der Waals surface area contributed by atoms with Crippen LogP contribution in [-0.4, -0.2) is 63.5 Å². The van der Waals surface area contributed by atoms with Gasteiger partial charge >= 0.3 is 0 Å². The summed E-state index contributed by atoms with van der Waals surface area (Å²) in [5.74, 6) is 1.70. The number of pyridine rings is 1. The van der Waals surface area contributed by atoms with Gasteiger partial charge < -0.3 is 15.3 Å². The molecule has 2 bridgehead atoms. The molecule has 3 aliphatic heterocycles. The zero-order valence-corrected chi connectivity index (χ0v) is 19.1. The van der Waals surface area contributed by atoms with Crippen molar-refractivity contribution in [3.8, 4) is 6.07 Å². The molecule has 0 radical (unpaired) electrons. The summed E-state index contributed by atoms with van der Waals surface area (Å²) in [6, 6.07) is 11.0. The van der Waals surface area contributed by atoms with E-state index >= 15 is 0 Å². The van der Waals surface area contributed by atoms with Gasteiger partial charge in [-0.15, -0.1) is 5.10 Å². The molecule has 170 valence electrons. The first kappa shape index (κ1) is 21.6. The first-order valence-electron chi connectivity index (χ1n) is 11.6. The number of rotatable bonds is 6. The molecule has 3 aromatic rings. The summed E-state index contributed by atoms with van der Waals surface area (Å²) in [4.78, 5) is 9.63. The lowest BCUT2D eigenvalue weighted by Crippen LogP contribution is -2.63. The maximum Gasteiger partial charge on any atom is 0.157 e. The average molecular weight is 444 g/mol. The van der Waals surface area contributed by atoms with Crippen molar-refractivity contribution in [1.29, 1.82) is 5.26 Å². The molecule has 0 saturated carbocycles. The number of hydrogen-bond donors (Lipinski definition) is 2. The number of aliphatic hydroxyl groups excluding tert-OH is 1. The van der Waals surface area contributed by atoms with Crippen molar-refractivity contribution < 1.29 is 5.11 Å². The van der Waals surface area contributed by atoms with Crippen LogP contribution in [0, 0.1) is 25.2 Å². The Morgan fingerprint density at radius 1 is 1.15 bits per heavy atom. The van der Waals surface area contributed by atoms with Gasteiger partial charge in [0.25, 0.3) is 0 Å². The molecule has 1 aromatic carbocycles. The second kappa shape index (κ2) is 8.93. The van der Waals surface area contributed by atoms with Gasteiger partial charge in [0.05, 0.1) is 23.9 Å². The Morgan fingerprint density at radius 2 is 2.00 bits per heavy atom. The fourth-order valence-corrected chi connectivity index (χ4v) is 5.22. The van der Waals surface area contributed by atoms with Gasteiger partial charge in [0, 0.05) is 55.2 Å². The SMILES string of the molecule is Cc1c(C#N)cccc1CNc1nnc(C)c2cnc(N3C[C@H]4CC[C@@H]3CN4CCO)cc12. The van der Waals surface area contributed by atoms with Gasteiger partial charge in [0.15, 0.2) is 5.82 Å². The molecule has 8 nitrogen and oxygen atoms in total. The summed E-state index contributed by atoms with van der Waals surface area (Å²) in [7, 11) is 0. The highest BCUT2D eigenvalue weighted by atomic mass is 16.3. The van der Waals surface area contributed by atoms with E-state index in [2.05, 4.69) is 37.4 Å². The van der Waals surface area contributed by atoms with Crippen molar-refractivity contribution in [1.82, 2.24) is 20.1 Å². The van der Waals surface area contributed by atoms with Crippen LogP contribution in [0.2, 0.25) is 0 Å². The van der Waals surface area contributed by atoms with Gasteiger partial charge in [0.1, 0.15) is 5.82 Å². The number of aryl methyl sites for hydroxylation is 1. The van der Waals surface area contributed by atoms with E-state index in [1.165, 1.54) is 6.42 Å². The van der Waals surface area contributed by atoms with Gasteiger partial charge in [-0.05, 0) is 49.9 Å². The predicted octanol–water partition coefficient (Wildman–Crippen LogP) is 2.77. The van der Waals surface area contributed by atoms with Crippen LogP contribution < -0.4 is 10.2 Å². The molecule has 2 N–H and O–H groups in total. The number of aromatic nitrogens is 3. The van der Waals surface area contributed by atoms with E-state index in [4.69, 9.17) is 4.98 Å². The molecular formula is C25H29N7O. The second-order valence-corrected chi connectivity index (χ2v) is 9.03. The Bertz CT molecular complexity index is 1220. The highest BCUT2D eigenvalue weighted by Crippen LogP contribution is 2.34. The molecule has 3 fully saturated rings. The van der Waals surface area contributed by atoms with Crippen LogP contribution in [0.3, 0.4) is 0 Å². The van der Waals surface area contributed by atoms with E-state index in [9.17, 15) is 10.4 Å². The van der Waals surface area contributed by atoms with Crippen LogP contribution in [0.15, 0.2) is 30.5 Å². The van der Waals surface area contributed by atoms with Crippen molar-refractivity contribution in [3.05, 3.63) is 52.8 Å². The monoisotopic (exact) mass is 443 g/mol. The van der Waals surface area contributed by atoms with Crippen molar-refractivity contribution in [3.63, 3.8) is 0 Å². The number of nitriles is 1. The van der Waals surface area contributed by atoms with E-state index in [1.807, 2.05) is 38.2 Å². The minimum absolute atomic E-state index is 0.209. The average Bonchev–Trinajstić information content (AvgIpc) is 2.85. The molecule has 2 aromatic heterocycles. The standard InChI is InChI=1S/C25H29N7O/c1-16-18(11-26)4-3-5-19(16)12-28-25-22-10-24(27-13-23(22)17(2)29-30-25)32-15-20-6-7-21(32)14-31(20)8-9-33/h3-5,10,13,20-21,33H,6-9,12,14-15H2,1-2H3,(H,28,30)/t20-,21-/m1/s1. The van der Waals surface area contributed by atoms with Crippen LogP contribution >= 0.6 is 0 Å². The smallest absolute Gasteiger partial charge is 0.157 e. The molecule has 2 atom stereocenters. The van der Waals surface area contributed by atoms with E-state index in [0.717, 1.165) is 65.3 Å².